The molecule has 0 aliphatic carbocycles. The lowest BCUT2D eigenvalue weighted by molar-refractivity contribution is 0.0980. The van der Waals surface area contributed by atoms with E-state index in [1.165, 1.54) is 6.20 Å². The maximum atomic E-state index is 11.5. The number of aromatic nitrogens is 2. The number of nitrogens with two attached hydrogens (primary N) is 1. The van der Waals surface area contributed by atoms with Crippen molar-refractivity contribution >= 4 is 11.7 Å². The van der Waals surface area contributed by atoms with E-state index < -0.39 is 0 Å². The van der Waals surface area contributed by atoms with Gasteiger partial charge in [0.05, 0.1) is 11.3 Å². The Bertz CT molecular complexity index is 324. The Morgan fingerprint density at radius 3 is 2.53 bits per heavy atom. The Hall–Kier alpha value is -1.45. The van der Waals surface area contributed by atoms with Crippen LogP contribution in [-0.2, 0) is 0 Å². The predicted molar refractivity (Wildman–Crippen MR) is 61.8 cm³/mol. The third-order valence-corrected chi connectivity index (χ3v) is 1.78. The quantitative estimate of drug-likeness (QED) is 0.776. The first-order valence-corrected chi connectivity index (χ1v) is 5.27. The van der Waals surface area contributed by atoms with Gasteiger partial charge in [0.2, 0.25) is 5.95 Å². The van der Waals surface area contributed by atoms with Gasteiger partial charge in [-0.1, -0.05) is 20.8 Å². The van der Waals surface area contributed by atoms with Gasteiger partial charge in [-0.3, -0.25) is 4.79 Å². The molecule has 0 saturated carbocycles. The van der Waals surface area contributed by atoms with Gasteiger partial charge in [-0.25, -0.2) is 9.97 Å². The zero-order chi connectivity index (χ0) is 11.8. The van der Waals surface area contributed by atoms with Crippen LogP contribution < -0.4 is 5.73 Å². The molecule has 4 heteroatoms. The summed E-state index contributed by atoms with van der Waals surface area (Å²) in [6.45, 7) is 7.73. The summed E-state index contributed by atoms with van der Waals surface area (Å²) in [6.07, 6.45) is 2.87. The van der Waals surface area contributed by atoms with Crippen LogP contribution in [0.5, 0.6) is 0 Å². The van der Waals surface area contributed by atoms with Gasteiger partial charge >= 0.3 is 0 Å². The van der Waals surface area contributed by atoms with Crippen LogP contribution in [0.3, 0.4) is 0 Å². The standard InChI is InChI=1S/C9H13N3O.C2H6/c1-3-4-8(13)7-5-11-9(10)12-6(7)2;1-2/h5H,3-4H2,1-2H3,(H2,10,11,12);1-2H3. The van der Waals surface area contributed by atoms with Crippen molar-refractivity contribution in [2.45, 2.75) is 40.5 Å². The molecular formula is C11H19N3O. The summed E-state index contributed by atoms with van der Waals surface area (Å²) in [6, 6.07) is 0. The molecule has 0 aliphatic heterocycles. The first-order valence-electron chi connectivity index (χ1n) is 5.27. The smallest absolute Gasteiger partial charge is 0.220 e. The first kappa shape index (κ1) is 13.5. The lowest BCUT2D eigenvalue weighted by atomic mass is 10.1. The molecule has 1 aromatic rings. The summed E-state index contributed by atoms with van der Waals surface area (Å²) in [5.74, 6) is 0.297. The van der Waals surface area contributed by atoms with Crippen molar-refractivity contribution in [3.63, 3.8) is 0 Å². The number of nitrogen functional groups attached to an aromatic ring is 1. The van der Waals surface area contributed by atoms with Gasteiger partial charge in [0, 0.05) is 12.6 Å². The normalized spacial score (nSPS) is 9.07. The number of hydrogen-bond acceptors (Lipinski definition) is 4. The molecule has 0 saturated heterocycles. The minimum absolute atomic E-state index is 0.0833. The summed E-state index contributed by atoms with van der Waals surface area (Å²) in [7, 11) is 0. The number of Topliss-reactive ketones (excluding diaryl/α,β-unsaturated/α-hetero) is 1. The Morgan fingerprint density at radius 1 is 1.47 bits per heavy atom. The monoisotopic (exact) mass is 209 g/mol. The van der Waals surface area contributed by atoms with Gasteiger partial charge in [-0.05, 0) is 13.3 Å². The van der Waals surface area contributed by atoms with Crippen molar-refractivity contribution in [2.75, 3.05) is 5.73 Å². The number of rotatable bonds is 3. The fourth-order valence-corrected chi connectivity index (χ4v) is 1.12. The highest BCUT2D eigenvalue weighted by atomic mass is 16.1. The van der Waals surface area contributed by atoms with Gasteiger partial charge in [-0.2, -0.15) is 0 Å². The van der Waals surface area contributed by atoms with Crippen LogP contribution in [0, 0.1) is 6.92 Å². The van der Waals surface area contributed by atoms with E-state index in [1.54, 1.807) is 6.92 Å². The van der Waals surface area contributed by atoms with E-state index >= 15 is 0 Å². The second-order valence-corrected chi connectivity index (χ2v) is 2.90. The predicted octanol–water partition coefficient (Wildman–Crippen LogP) is 2.38. The average molecular weight is 209 g/mol. The lowest BCUT2D eigenvalue weighted by Gasteiger charge is -2.02. The Kier molecular flexibility index (Phi) is 6.25. The Balaban J connectivity index is 0.000000921. The van der Waals surface area contributed by atoms with E-state index in [0.29, 0.717) is 17.7 Å². The van der Waals surface area contributed by atoms with Crippen LogP contribution in [0.2, 0.25) is 0 Å². The van der Waals surface area contributed by atoms with Crippen LogP contribution in [0.15, 0.2) is 6.20 Å². The molecule has 0 unspecified atom stereocenters. The molecule has 2 N–H and O–H groups in total. The average Bonchev–Trinajstić information content (AvgIpc) is 2.21. The molecule has 1 rings (SSSR count). The number of anilines is 1. The highest BCUT2D eigenvalue weighted by Crippen LogP contribution is 2.08. The Labute approximate surface area is 90.9 Å². The number of carbonyl (C=O) groups excluding carboxylic acids is 1. The molecule has 0 bridgehead atoms. The van der Waals surface area contributed by atoms with Crippen molar-refractivity contribution in [1.82, 2.24) is 9.97 Å². The highest BCUT2D eigenvalue weighted by molar-refractivity contribution is 5.96. The van der Waals surface area contributed by atoms with Crippen molar-refractivity contribution in [3.05, 3.63) is 17.5 Å². The van der Waals surface area contributed by atoms with Crippen LogP contribution >= 0.6 is 0 Å². The van der Waals surface area contributed by atoms with Crippen molar-refractivity contribution in [2.24, 2.45) is 0 Å². The molecule has 0 fully saturated rings. The second kappa shape index (κ2) is 6.92. The molecule has 1 heterocycles. The maximum absolute atomic E-state index is 11.5. The molecule has 1 aromatic heterocycles. The molecule has 84 valence electrons. The van der Waals surface area contributed by atoms with E-state index in [9.17, 15) is 4.79 Å². The fraction of sp³-hybridized carbons (Fsp3) is 0.545. The summed E-state index contributed by atoms with van der Waals surface area (Å²) in [5.41, 5.74) is 6.61. The van der Waals surface area contributed by atoms with Crippen LogP contribution in [-0.4, -0.2) is 15.8 Å². The summed E-state index contributed by atoms with van der Waals surface area (Å²) < 4.78 is 0. The fourth-order valence-electron chi connectivity index (χ4n) is 1.12. The largest absolute Gasteiger partial charge is 0.368 e. The molecule has 0 amide bonds. The van der Waals surface area contributed by atoms with Gasteiger partial charge in [0.1, 0.15) is 0 Å². The van der Waals surface area contributed by atoms with E-state index in [2.05, 4.69) is 9.97 Å². The molecule has 0 spiro atoms. The number of nitrogens with zero attached hydrogens (tertiary/aromatic N) is 2. The van der Waals surface area contributed by atoms with Crippen LogP contribution in [0.25, 0.3) is 0 Å². The summed E-state index contributed by atoms with van der Waals surface area (Å²) in [5, 5.41) is 0. The third kappa shape index (κ3) is 4.06. The topological polar surface area (TPSA) is 68.9 Å². The molecule has 0 radical (unpaired) electrons. The number of aryl methyl sites for hydroxylation is 1. The van der Waals surface area contributed by atoms with E-state index in [-0.39, 0.29) is 11.7 Å². The summed E-state index contributed by atoms with van der Waals surface area (Å²) in [4.78, 5) is 19.2. The number of ketones is 1. The van der Waals surface area contributed by atoms with Crippen molar-refractivity contribution in [1.29, 1.82) is 0 Å². The molecular weight excluding hydrogens is 190 g/mol. The molecule has 0 atom stereocenters. The first-order chi connectivity index (χ1) is 7.15. The highest BCUT2D eigenvalue weighted by Gasteiger charge is 2.09. The van der Waals surface area contributed by atoms with Gasteiger partial charge < -0.3 is 5.73 Å². The van der Waals surface area contributed by atoms with E-state index in [4.69, 9.17) is 5.73 Å². The van der Waals surface area contributed by atoms with Crippen molar-refractivity contribution < 1.29 is 4.79 Å². The Morgan fingerprint density at radius 2 is 2.07 bits per heavy atom. The maximum Gasteiger partial charge on any atom is 0.220 e. The number of carbonyl (C=O) groups is 1. The third-order valence-electron chi connectivity index (χ3n) is 1.78. The van der Waals surface area contributed by atoms with Crippen LogP contribution in [0.4, 0.5) is 5.95 Å². The summed E-state index contributed by atoms with van der Waals surface area (Å²) >= 11 is 0. The van der Waals surface area contributed by atoms with Gasteiger partial charge in [-0.15, -0.1) is 0 Å². The van der Waals surface area contributed by atoms with Gasteiger partial charge in [0.15, 0.2) is 5.78 Å². The second-order valence-electron chi connectivity index (χ2n) is 2.90. The van der Waals surface area contributed by atoms with Crippen LogP contribution in [0.1, 0.15) is 49.7 Å². The zero-order valence-corrected chi connectivity index (χ0v) is 9.87. The van der Waals surface area contributed by atoms with E-state index in [1.807, 2.05) is 20.8 Å². The zero-order valence-electron chi connectivity index (χ0n) is 9.87. The SMILES string of the molecule is CC.CCCC(=O)c1cnc(N)nc1C. The molecule has 15 heavy (non-hydrogen) atoms. The van der Waals surface area contributed by atoms with Crippen molar-refractivity contribution in [3.8, 4) is 0 Å². The molecule has 0 aliphatic rings. The van der Waals surface area contributed by atoms with Gasteiger partial charge in [0.25, 0.3) is 0 Å². The lowest BCUT2D eigenvalue weighted by Crippen LogP contribution is -2.06. The molecule has 0 aromatic carbocycles. The minimum atomic E-state index is 0.0833. The molecule has 4 nitrogen and oxygen atoms in total. The number of hydrogen-bond donors (Lipinski definition) is 1. The van der Waals surface area contributed by atoms with E-state index in [0.717, 1.165) is 6.42 Å². The minimum Gasteiger partial charge on any atom is -0.368 e.